The van der Waals surface area contributed by atoms with Crippen molar-refractivity contribution in [2.45, 2.75) is 12.5 Å². The Bertz CT molecular complexity index is 889. The van der Waals surface area contributed by atoms with Crippen molar-refractivity contribution in [1.82, 2.24) is 15.4 Å². The van der Waals surface area contributed by atoms with Crippen LogP contribution in [0, 0.1) is 0 Å². The van der Waals surface area contributed by atoms with E-state index in [0.717, 1.165) is 16.7 Å². The molecule has 0 radical (unpaired) electrons. The van der Waals surface area contributed by atoms with Gasteiger partial charge in [0.05, 0.1) is 19.6 Å². The summed E-state index contributed by atoms with van der Waals surface area (Å²) in [6, 6.07) is 15.5. The Morgan fingerprint density at radius 2 is 2.04 bits per heavy atom. The molecule has 0 bridgehead atoms. The van der Waals surface area contributed by atoms with E-state index in [2.05, 4.69) is 15.4 Å². The fourth-order valence-electron chi connectivity index (χ4n) is 2.94. The monoisotopic (exact) mass is 353 g/mol. The van der Waals surface area contributed by atoms with Gasteiger partial charge in [-0.1, -0.05) is 29.4 Å². The van der Waals surface area contributed by atoms with Crippen LogP contribution >= 0.6 is 0 Å². The van der Waals surface area contributed by atoms with Gasteiger partial charge in [0.2, 0.25) is 5.91 Å². The molecule has 6 nitrogen and oxygen atoms in total. The maximum Gasteiger partial charge on any atom is 0.226 e. The number of amides is 1. The molecule has 26 heavy (non-hydrogen) atoms. The number of aromatic nitrogens is 1. The van der Waals surface area contributed by atoms with Crippen molar-refractivity contribution in [2.24, 2.45) is 0 Å². The van der Waals surface area contributed by atoms with Gasteiger partial charge < -0.3 is 19.5 Å². The van der Waals surface area contributed by atoms with Gasteiger partial charge in [0.25, 0.3) is 0 Å². The van der Waals surface area contributed by atoms with Crippen LogP contribution in [0.25, 0.3) is 11.0 Å². The lowest BCUT2D eigenvalue weighted by Crippen LogP contribution is -2.35. The smallest absolute Gasteiger partial charge is 0.226 e. The van der Waals surface area contributed by atoms with Crippen molar-refractivity contribution >= 4 is 16.9 Å². The van der Waals surface area contributed by atoms with Crippen LogP contribution in [-0.2, 0) is 11.2 Å². The third kappa shape index (κ3) is 4.03. The first-order chi connectivity index (χ1) is 12.6. The van der Waals surface area contributed by atoms with Crippen molar-refractivity contribution < 1.29 is 14.1 Å². The molecule has 6 heteroatoms. The molecule has 1 aromatic heterocycles. The maximum absolute atomic E-state index is 12.4. The highest BCUT2D eigenvalue weighted by Gasteiger charge is 2.17. The summed E-state index contributed by atoms with van der Waals surface area (Å²) in [4.78, 5) is 14.5. The van der Waals surface area contributed by atoms with Gasteiger partial charge in [-0.25, -0.2) is 0 Å². The predicted octanol–water partition coefficient (Wildman–Crippen LogP) is 2.80. The van der Waals surface area contributed by atoms with E-state index in [1.807, 2.05) is 62.6 Å². The van der Waals surface area contributed by atoms with E-state index in [4.69, 9.17) is 9.26 Å². The summed E-state index contributed by atoms with van der Waals surface area (Å²) in [5.41, 5.74) is 2.43. The standard InChI is InChI=1S/C20H23N3O3/c1-23(2)18(14-7-6-8-15(11-14)25-3)13-21-20(24)12-17-16-9-4-5-10-19(16)26-22-17/h4-11,18H,12-13H2,1-3H3,(H,21,24). The molecule has 1 amide bonds. The molecule has 0 saturated heterocycles. The van der Waals surface area contributed by atoms with Crippen LogP contribution in [0.1, 0.15) is 17.3 Å². The summed E-state index contributed by atoms with van der Waals surface area (Å²) in [6.45, 7) is 0.495. The van der Waals surface area contributed by atoms with E-state index in [1.54, 1.807) is 7.11 Å². The number of nitrogens with zero attached hydrogens (tertiary/aromatic N) is 2. The molecule has 1 atom stereocenters. The van der Waals surface area contributed by atoms with Gasteiger partial charge in [0, 0.05) is 11.9 Å². The van der Waals surface area contributed by atoms with Crippen LogP contribution in [0.5, 0.6) is 5.75 Å². The van der Waals surface area contributed by atoms with E-state index >= 15 is 0 Å². The van der Waals surface area contributed by atoms with E-state index in [-0.39, 0.29) is 18.4 Å². The average Bonchev–Trinajstić information content (AvgIpc) is 3.05. The number of rotatable bonds is 7. The van der Waals surface area contributed by atoms with Gasteiger partial charge in [-0.05, 0) is 43.9 Å². The number of ether oxygens (including phenoxy) is 1. The molecule has 3 aromatic rings. The SMILES string of the molecule is COc1cccc(C(CNC(=O)Cc2noc3ccccc23)N(C)C)c1. The van der Waals surface area contributed by atoms with Crippen LogP contribution in [-0.4, -0.2) is 43.7 Å². The number of methoxy groups -OCH3 is 1. The summed E-state index contributed by atoms with van der Waals surface area (Å²) in [5, 5.41) is 7.89. The number of carbonyl (C=O) groups is 1. The third-order valence-corrected chi connectivity index (χ3v) is 4.37. The molecule has 1 heterocycles. The first kappa shape index (κ1) is 17.9. The van der Waals surface area contributed by atoms with Crippen molar-refractivity contribution in [3.8, 4) is 5.75 Å². The molecule has 1 N–H and O–H groups in total. The van der Waals surface area contributed by atoms with Gasteiger partial charge in [0.15, 0.2) is 5.58 Å². The Morgan fingerprint density at radius 1 is 1.23 bits per heavy atom. The second-order valence-electron chi connectivity index (χ2n) is 6.36. The first-order valence-electron chi connectivity index (χ1n) is 8.49. The molecule has 136 valence electrons. The minimum Gasteiger partial charge on any atom is -0.497 e. The lowest BCUT2D eigenvalue weighted by Gasteiger charge is -2.25. The highest BCUT2D eigenvalue weighted by atomic mass is 16.5. The van der Waals surface area contributed by atoms with Gasteiger partial charge in [-0.15, -0.1) is 0 Å². The molecule has 0 saturated carbocycles. The zero-order chi connectivity index (χ0) is 18.5. The lowest BCUT2D eigenvalue weighted by molar-refractivity contribution is -0.120. The van der Waals surface area contributed by atoms with Gasteiger partial charge in [0.1, 0.15) is 11.4 Å². The quantitative estimate of drug-likeness (QED) is 0.707. The van der Waals surface area contributed by atoms with Gasteiger partial charge >= 0.3 is 0 Å². The van der Waals surface area contributed by atoms with E-state index in [1.165, 1.54) is 0 Å². The number of fused-ring (bicyclic) bond motifs is 1. The normalized spacial score (nSPS) is 12.3. The Kier molecular flexibility index (Phi) is 5.53. The second kappa shape index (κ2) is 8.01. The fraction of sp³-hybridized carbons (Fsp3) is 0.300. The molecular formula is C20H23N3O3. The summed E-state index contributed by atoms with van der Waals surface area (Å²) in [5.74, 6) is 0.716. The van der Waals surface area contributed by atoms with Crippen molar-refractivity contribution in [3.05, 3.63) is 59.8 Å². The average molecular weight is 353 g/mol. The van der Waals surface area contributed by atoms with E-state index < -0.39 is 0 Å². The number of hydrogen-bond donors (Lipinski definition) is 1. The van der Waals surface area contributed by atoms with Gasteiger partial charge in [-0.3, -0.25) is 4.79 Å². The van der Waals surface area contributed by atoms with Crippen molar-refractivity contribution in [1.29, 1.82) is 0 Å². The van der Waals surface area contributed by atoms with Crippen molar-refractivity contribution in [3.63, 3.8) is 0 Å². The van der Waals surface area contributed by atoms with Crippen LogP contribution < -0.4 is 10.1 Å². The lowest BCUT2D eigenvalue weighted by atomic mass is 10.1. The first-order valence-corrected chi connectivity index (χ1v) is 8.49. The number of carbonyl (C=O) groups excluding carboxylic acids is 1. The number of benzene rings is 2. The van der Waals surface area contributed by atoms with Gasteiger partial charge in [-0.2, -0.15) is 0 Å². The second-order valence-corrected chi connectivity index (χ2v) is 6.36. The topological polar surface area (TPSA) is 67.6 Å². The number of nitrogens with one attached hydrogen (secondary N) is 1. The molecule has 0 aliphatic rings. The Balaban J connectivity index is 1.66. The van der Waals surface area contributed by atoms with E-state index in [0.29, 0.717) is 17.8 Å². The Morgan fingerprint density at radius 3 is 2.81 bits per heavy atom. The molecule has 3 rings (SSSR count). The summed E-state index contributed by atoms with van der Waals surface area (Å²) >= 11 is 0. The maximum atomic E-state index is 12.4. The third-order valence-electron chi connectivity index (χ3n) is 4.37. The molecule has 0 aliphatic heterocycles. The number of likely N-dealkylation sites (N-methyl/N-ethyl adjacent to an activating group) is 1. The molecule has 0 fully saturated rings. The molecule has 0 aliphatic carbocycles. The summed E-state index contributed by atoms with van der Waals surface area (Å²) in [6.07, 6.45) is 0.190. The number of para-hydroxylation sites is 1. The largest absolute Gasteiger partial charge is 0.497 e. The fourth-order valence-corrected chi connectivity index (χ4v) is 2.94. The number of hydrogen-bond acceptors (Lipinski definition) is 5. The predicted molar refractivity (Wildman–Crippen MR) is 100 cm³/mol. The van der Waals surface area contributed by atoms with Crippen molar-refractivity contribution in [2.75, 3.05) is 27.7 Å². The minimum absolute atomic E-state index is 0.0445. The zero-order valence-corrected chi connectivity index (χ0v) is 15.2. The van der Waals surface area contributed by atoms with Crippen LogP contribution in [0.15, 0.2) is 53.1 Å². The summed E-state index contributed by atoms with van der Waals surface area (Å²) in [7, 11) is 5.62. The highest BCUT2D eigenvalue weighted by molar-refractivity contribution is 5.86. The molecule has 0 spiro atoms. The Hall–Kier alpha value is -2.86. The minimum atomic E-state index is -0.0844. The highest BCUT2D eigenvalue weighted by Crippen LogP contribution is 2.22. The molecule has 1 unspecified atom stereocenters. The van der Waals surface area contributed by atoms with Crippen LogP contribution in [0.3, 0.4) is 0 Å². The Labute approximate surface area is 152 Å². The summed E-state index contributed by atoms with van der Waals surface area (Å²) < 4.78 is 10.6. The molecular weight excluding hydrogens is 330 g/mol. The van der Waals surface area contributed by atoms with Crippen LogP contribution in [0.2, 0.25) is 0 Å². The molecule has 2 aromatic carbocycles. The van der Waals surface area contributed by atoms with Crippen LogP contribution in [0.4, 0.5) is 0 Å². The zero-order valence-electron chi connectivity index (χ0n) is 15.2. The van der Waals surface area contributed by atoms with E-state index in [9.17, 15) is 4.79 Å².